The molecule has 2 N–H and O–H groups in total. The molecule has 1 heterocycles. The number of nitrogens with one attached hydrogen (secondary N) is 2. The average Bonchev–Trinajstić information content (AvgIpc) is 2.58. The fourth-order valence-electron chi connectivity index (χ4n) is 2.96. The SMILES string of the molecule is CN=C(NCc1ccc(F)cc1CSC)NCC1CCN(C)CC1.I. The van der Waals surface area contributed by atoms with E-state index in [1.807, 2.05) is 12.3 Å². The highest BCUT2D eigenvalue weighted by molar-refractivity contribution is 14.0. The average molecular weight is 480 g/mol. The summed E-state index contributed by atoms with van der Waals surface area (Å²) in [7, 11) is 3.97. The summed E-state index contributed by atoms with van der Waals surface area (Å²) in [6, 6.07) is 5.01. The predicted molar refractivity (Wildman–Crippen MR) is 117 cm³/mol. The first kappa shape index (κ1) is 22.5. The molecule has 0 atom stereocenters. The third-order valence-electron chi connectivity index (χ3n) is 4.53. The normalized spacial score (nSPS) is 16.4. The van der Waals surface area contributed by atoms with Gasteiger partial charge in [-0.1, -0.05) is 6.07 Å². The Labute approximate surface area is 172 Å². The number of halogens is 2. The molecule has 0 amide bonds. The lowest BCUT2D eigenvalue weighted by Gasteiger charge is -2.29. The molecule has 25 heavy (non-hydrogen) atoms. The van der Waals surface area contributed by atoms with Crippen LogP contribution >= 0.6 is 35.7 Å². The van der Waals surface area contributed by atoms with Crippen molar-refractivity contribution in [3.05, 3.63) is 35.1 Å². The van der Waals surface area contributed by atoms with Crippen molar-refractivity contribution < 1.29 is 4.39 Å². The Bertz CT molecular complexity index is 548. The molecule has 1 aromatic rings. The topological polar surface area (TPSA) is 39.7 Å². The van der Waals surface area contributed by atoms with Crippen LogP contribution in [-0.2, 0) is 12.3 Å². The lowest BCUT2D eigenvalue weighted by Crippen LogP contribution is -2.42. The summed E-state index contributed by atoms with van der Waals surface area (Å²) in [5, 5.41) is 6.78. The molecule has 1 aromatic carbocycles. The summed E-state index contributed by atoms with van der Waals surface area (Å²) >= 11 is 1.70. The lowest BCUT2D eigenvalue weighted by molar-refractivity contribution is 0.220. The predicted octanol–water partition coefficient (Wildman–Crippen LogP) is 3.31. The molecule has 1 saturated heterocycles. The summed E-state index contributed by atoms with van der Waals surface area (Å²) in [4.78, 5) is 6.68. The number of piperidine rings is 1. The maximum absolute atomic E-state index is 13.4. The Hall–Kier alpha value is -0.540. The third-order valence-corrected chi connectivity index (χ3v) is 5.13. The van der Waals surface area contributed by atoms with Crippen molar-refractivity contribution in [2.24, 2.45) is 10.9 Å². The Balaban J connectivity index is 0.00000312. The second-order valence-corrected chi connectivity index (χ2v) is 7.27. The maximum atomic E-state index is 13.4. The summed E-state index contributed by atoms with van der Waals surface area (Å²) in [5.41, 5.74) is 2.16. The van der Waals surface area contributed by atoms with E-state index in [9.17, 15) is 4.39 Å². The molecule has 1 fully saturated rings. The molecule has 7 heteroatoms. The van der Waals surface area contributed by atoms with Crippen LogP contribution in [0.25, 0.3) is 0 Å². The van der Waals surface area contributed by atoms with Crippen LogP contribution in [0.3, 0.4) is 0 Å². The highest BCUT2D eigenvalue weighted by Gasteiger charge is 2.16. The van der Waals surface area contributed by atoms with Gasteiger partial charge >= 0.3 is 0 Å². The van der Waals surface area contributed by atoms with Gasteiger partial charge in [0.25, 0.3) is 0 Å². The van der Waals surface area contributed by atoms with Gasteiger partial charge in [0.2, 0.25) is 0 Å². The van der Waals surface area contributed by atoms with Crippen molar-refractivity contribution in [1.29, 1.82) is 0 Å². The number of hydrogen-bond donors (Lipinski definition) is 2. The van der Waals surface area contributed by atoms with Crippen molar-refractivity contribution in [3.63, 3.8) is 0 Å². The Morgan fingerprint density at radius 2 is 2.00 bits per heavy atom. The van der Waals surface area contributed by atoms with Gasteiger partial charge in [-0.2, -0.15) is 11.8 Å². The fraction of sp³-hybridized carbons (Fsp3) is 0.611. The van der Waals surface area contributed by atoms with Crippen LogP contribution in [-0.4, -0.2) is 50.8 Å². The molecule has 1 aliphatic rings. The molecular formula is C18H30FIN4S. The van der Waals surface area contributed by atoms with Crippen LogP contribution < -0.4 is 10.6 Å². The number of likely N-dealkylation sites (tertiary alicyclic amines) is 1. The molecule has 0 saturated carbocycles. The first-order valence-corrected chi connectivity index (χ1v) is 9.91. The quantitative estimate of drug-likeness (QED) is 0.373. The molecule has 4 nitrogen and oxygen atoms in total. The molecule has 2 rings (SSSR count). The van der Waals surface area contributed by atoms with Crippen molar-refractivity contribution in [1.82, 2.24) is 15.5 Å². The Morgan fingerprint density at radius 1 is 1.28 bits per heavy atom. The van der Waals surface area contributed by atoms with Gasteiger partial charge in [0.15, 0.2) is 5.96 Å². The molecule has 1 aliphatic heterocycles. The number of rotatable bonds is 6. The Morgan fingerprint density at radius 3 is 2.64 bits per heavy atom. The number of aliphatic imine (C=N–C) groups is 1. The number of guanidine groups is 1. The van der Waals surface area contributed by atoms with Crippen LogP contribution in [0.1, 0.15) is 24.0 Å². The van der Waals surface area contributed by atoms with E-state index in [1.54, 1.807) is 24.9 Å². The summed E-state index contributed by atoms with van der Waals surface area (Å²) in [5.74, 6) is 2.16. The van der Waals surface area contributed by atoms with Crippen LogP contribution in [0.5, 0.6) is 0 Å². The van der Waals surface area contributed by atoms with Crippen molar-refractivity contribution >= 4 is 41.7 Å². The van der Waals surface area contributed by atoms with E-state index < -0.39 is 0 Å². The van der Waals surface area contributed by atoms with E-state index in [0.717, 1.165) is 29.4 Å². The minimum absolute atomic E-state index is 0. The van der Waals surface area contributed by atoms with Crippen LogP contribution in [0, 0.1) is 11.7 Å². The van der Waals surface area contributed by atoms with Crippen molar-refractivity contribution in [2.45, 2.75) is 25.1 Å². The largest absolute Gasteiger partial charge is 0.356 e. The summed E-state index contributed by atoms with van der Waals surface area (Å²) in [6.45, 7) is 3.95. The molecule has 0 spiro atoms. The molecule has 0 aromatic heterocycles. The van der Waals surface area contributed by atoms with Gasteiger partial charge < -0.3 is 15.5 Å². The fourth-order valence-corrected chi connectivity index (χ4v) is 3.54. The lowest BCUT2D eigenvalue weighted by atomic mass is 9.97. The van der Waals surface area contributed by atoms with Crippen LogP contribution in [0.4, 0.5) is 4.39 Å². The zero-order chi connectivity index (χ0) is 17.4. The van der Waals surface area contributed by atoms with Gasteiger partial charge in [0.05, 0.1) is 0 Å². The van der Waals surface area contributed by atoms with Gasteiger partial charge in [-0.05, 0) is 68.4 Å². The monoisotopic (exact) mass is 480 g/mol. The van der Waals surface area contributed by atoms with Gasteiger partial charge in [0, 0.05) is 25.9 Å². The first-order chi connectivity index (χ1) is 11.6. The van der Waals surface area contributed by atoms with E-state index in [2.05, 4.69) is 27.6 Å². The molecule has 0 aliphatic carbocycles. The summed E-state index contributed by atoms with van der Waals surface area (Å²) in [6.07, 6.45) is 4.50. The second-order valence-electron chi connectivity index (χ2n) is 6.40. The zero-order valence-electron chi connectivity index (χ0n) is 15.3. The molecular weight excluding hydrogens is 450 g/mol. The van der Waals surface area contributed by atoms with Crippen LogP contribution in [0.15, 0.2) is 23.2 Å². The maximum Gasteiger partial charge on any atom is 0.191 e. The van der Waals surface area contributed by atoms with Gasteiger partial charge in [-0.25, -0.2) is 4.39 Å². The van der Waals surface area contributed by atoms with E-state index in [1.165, 1.54) is 32.0 Å². The van der Waals surface area contributed by atoms with Crippen molar-refractivity contribution in [3.8, 4) is 0 Å². The summed E-state index contributed by atoms with van der Waals surface area (Å²) < 4.78 is 13.4. The van der Waals surface area contributed by atoms with E-state index in [-0.39, 0.29) is 29.8 Å². The van der Waals surface area contributed by atoms with Gasteiger partial charge in [-0.15, -0.1) is 24.0 Å². The van der Waals surface area contributed by atoms with E-state index in [0.29, 0.717) is 12.5 Å². The second kappa shape index (κ2) is 12.0. The van der Waals surface area contributed by atoms with Gasteiger partial charge in [0.1, 0.15) is 5.82 Å². The zero-order valence-corrected chi connectivity index (χ0v) is 18.5. The minimum Gasteiger partial charge on any atom is -0.356 e. The molecule has 142 valence electrons. The smallest absolute Gasteiger partial charge is 0.191 e. The standard InChI is InChI=1S/C18H29FN4S.HI/c1-20-18(21-11-14-6-8-23(2)9-7-14)22-12-15-4-5-17(19)10-16(15)13-24-3;/h4-5,10,14H,6-9,11-13H2,1-3H3,(H2,20,21,22);1H. The molecule has 0 unspecified atom stereocenters. The highest BCUT2D eigenvalue weighted by atomic mass is 127. The number of hydrogen-bond acceptors (Lipinski definition) is 3. The highest BCUT2D eigenvalue weighted by Crippen LogP contribution is 2.17. The van der Waals surface area contributed by atoms with Crippen molar-refractivity contribution in [2.75, 3.05) is 40.0 Å². The first-order valence-electron chi connectivity index (χ1n) is 8.51. The molecule has 0 bridgehead atoms. The number of nitrogens with zero attached hydrogens (tertiary/aromatic N) is 2. The van der Waals surface area contributed by atoms with E-state index >= 15 is 0 Å². The number of benzene rings is 1. The van der Waals surface area contributed by atoms with E-state index in [4.69, 9.17) is 0 Å². The Kier molecular flexibility index (Phi) is 10.8. The van der Waals surface area contributed by atoms with Gasteiger partial charge in [-0.3, -0.25) is 4.99 Å². The van der Waals surface area contributed by atoms with Crippen LogP contribution in [0.2, 0.25) is 0 Å². The minimum atomic E-state index is -0.174. The third kappa shape index (κ3) is 7.70. The molecule has 0 radical (unpaired) electrons. The number of thioether (sulfide) groups is 1.